The van der Waals surface area contributed by atoms with Gasteiger partial charge < -0.3 is 10.4 Å². The monoisotopic (exact) mass is 234 g/mol. The number of aliphatic carboxylic acids is 1. The molecule has 0 bridgehead atoms. The molecule has 1 heterocycles. The first-order chi connectivity index (χ1) is 8.18. The fourth-order valence-electron chi connectivity index (χ4n) is 2.24. The normalized spacial score (nSPS) is 23.3. The summed E-state index contributed by atoms with van der Waals surface area (Å²) in [7, 11) is 0. The maximum atomic E-state index is 11.9. The lowest BCUT2D eigenvalue weighted by molar-refractivity contribution is -0.145. The molecule has 0 aliphatic heterocycles. The molecule has 90 valence electrons. The summed E-state index contributed by atoms with van der Waals surface area (Å²) in [5.41, 5.74) is 0.605. The van der Waals surface area contributed by atoms with Crippen LogP contribution in [-0.4, -0.2) is 22.0 Å². The number of nitrogens with one attached hydrogen (secondary N) is 1. The Morgan fingerprint density at radius 1 is 1.35 bits per heavy atom. The first-order valence-electron chi connectivity index (χ1n) is 5.62. The largest absolute Gasteiger partial charge is 0.481 e. The van der Waals surface area contributed by atoms with Gasteiger partial charge in [-0.25, -0.2) is 0 Å². The molecule has 2 N–H and O–H groups in total. The van der Waals surface area contributed by atoms with Crippen molar-refractivity contribution in [3.05, 3.63) is 24.5 Å². The van der Waals surface area contributed by atoms with Gasteiger partial charge in [-0.15, -0.1) is 0 Å². The predicted molar refractivity (Wildman–Crippen MR) is 61.3 cm³/mol. The van der Waals surface area contributed by atoms with Gasteiger partial charge in [0.1, 0.15) is 0 Å². The average molecular weight is 234 g/mol. The second-order valence-electron chi connectivity index (χ2n) is 4.21. The highest BCUT2D eigenvalue weighted by Gasteiger charge is 2.37. The van der Waals surface area contributed by atoms with Crippen molar-refractivity contribution in [2.75, 3.05) is 5.32 Å². The van der Waals surface area contributed by atoms with E-state index in [2.05, 4.69) is 10.3 Å². The summed E-state index contributed by atoms with van der Waals surface area (Å²) in [6.07, 6.45) is 5.18. The molecule has 1 fully saturated rings. The minimum atomic E-state index is -0.881. The van der Waals surface area contributed by atoms with E-state index in [0.717, 1.165) is 6.42 Å². The molecule has 5 heteroatoms. The third-order valence-corrected chi connectivity index (χ3v) is 3.10. The zero-order valence-corrected chi connectivity index (χ0v) is 9.30. The van der Waals surface area contributed by atoms with Crippen molar-refractivity contribution in [3.63, 3.8) is 0 Å². The fourth-order valence-corrected chi connectivity index (χ4v) is 2.24. The van der Waals surface area contributed by atoms with Crippen LogP contribution in [0.1, 0.15) is 19.3 Å². The Morgan fingerprint density at radius 3 is 2.76 bits per heavy atom. The summed E-state index contributed by atoms with van der Waals surface area (Å²) in [4.78, 5) is 26.8. The lowest BCUT2D eigenvalue weighted by Crippen LogP contribution is -2.29. The van der Waals surface area contributed by atoms with Crippen LogP contribution in [0.2, 0.25) is 0 Å². The van der Waals surface area contributed by atoms with Crippen LogP contribution >= 0.6 is 0 Å². The van der Waals surface area contributed by atoms with Gasteiger partial charge in [0.2, 0.25) is 5.91 Å². The number of amides is 1. The smallest absolute Gasteiger partial charge is 0.307 e. The van der Waals surface area contributed by atoms with Gasteiger partial charge in [-0.3, -0.25) is 14.6 Å². The van der Waals surface area contributed by atoms with Gasteiger partial charge in [0.25, 0.3) is 0 Å². The van der Waals surface area contributed by atoms with E-state index >= 15 is 0 Å². The minimum absolute atomic E-state index is 0.220. The van der Waals surface area contributed by atoms with Gasteiger partial charge in [0.15, 0.2) is 0 Å². The molecular formula is C12H14N2O3. The van der Waals surface area contributed by atoms with Gasteiger partial charge in [-0.05, 0) is 25.0 Å². The maximum absolute atomic E-state index is 11.9. The highest BCUT2D eigenvalue weighted by Crippen LogP contribution is 2.32. The average Bonchev–Trinajstić information content (AvgIpc) is 2.79. The zero-order chi connectivity index (χ0) is 12.3. The van der Waals surface area contributed by atoms with E-state index in [-0.39, 0.29) is 5.91 Å². The first kappa shape index (κ1) is 11.6. The molecule has 17 heavy (non-hydrogen) atoms. The molecule has 1 aliphatic rings. The summed E-state index contributed by atoms with van der Waals surface area (Å²) in [5.74, 6) is -2.07. The second-order valence-corrected chi connectivity index (χ2v) is 4.21. The zero-order valence-electron chi connectivity index (χ0n) is 9.30. The molecule has 1 aromatic rings. The van der Waals surface area contributed by atoms with Crippen molar-refractivity contribution in [2.45, 2.75) is 19.3 Å². The van der Waals surface area contributed by atoms with Crippen molar-refractivity contribution >= 4 is 17.6 Å². The van der Waals surface area contributed by atoms with Gasteiger partial charge in [0, 0.05) is 6.20 Å². The van der Waals surface area contributed by atoms with E-state index in [1.165, 1.54) is 0 Å². The molecule has 0 aromatic carbocycles. The standard InChI is InChI=1S/C12H14N2O3/c15-11(14-8-3-2-6-13-7-8)9-4-1-5-10(9)12(16)17/h2-3,6-7,9-10H,1,4-5H2,(H,14,15)(H,16,17). The van der Waals surface area contributed by atoms with Gasteiger partial charge in [-0.2, -0.15) is 0 Å². The molecule has 0 spiro atoms. The van der Waals surface area contributed by atoms with Gasteiger partial charge >= 0.3 is 5.97 Å². The number of rotatable bonds is 3. The number of pyridine rings is 1. The van der Waals surface area contributed by atoms with Crippen LogP contribution in [0.15, 0.2) is 24.5 Å². The first-order valence-corrected chi connectivity index (χ1v) is 5.62. The molecule has 2 rings (SSSR count). The predicted octanol–water partition coefficient (Wildman–Crippen LogP) is 1.52. The number of anilines is 1. The Balaban J connectivity index is 2.03. The third kappa shape index (κ3) is 2.61. The van der Waals surface area contributed by atoms with E-state index in [4.69, 9.17) is 5.11 Å². The Bertz CT molecular complexity index is 419. The summed E-state index contributed by atoms with van der Waals surface area (Å²) < 4.78 is 0. The molecule has 0 radical (unpaired) electrons. The summed E-state index contributed by atoms with van der Waals surface area (Å²) >= 11 is 0. The van der Waals surface area contributed by atoms with Crippen LogP contribution in [0.5, 0.6) is 0 Å². The quantitative estimate of drug-likeness (QED) is 0.831. The molecular weight excluding hydrogens is 220 g/mol. The van der Waals surface area contributed by atoms with Gasteiger partial charge in [-0.1, -0.05) is 6.42 Å². The van der Waals surface area contributed by atoms with Crippen LogP contribution in [0.3, 0.4) is 0 Å². The van der Waals surface area contributed by atoms with Crippen molar-refractivity contribution in [2.24, 2.45) is 11.8 Å². The summed E-state index contributed by atoms with van der Waals surface area (Å²) in [6.45, 7) is 0. The number of nitrogens with zero attached hydrogens (tertiary/aromatic N) is 1. The Morgan fingerprint density at radius 2 is 2.12 bits per heavy atom. The maximum Gasteiger partial charge on any atom is 0.307 e. The molecule has 1 aromatic heterocycles. The molecule has 5 nitrogen and oxygen atoms in total. The third-order valence-electron chi connectivity index (χ3n) is 3.10. The second kappa shape index (κ2) is 4.95. The number of aromatic nitrogens is 1. The van der Waals surface area contributed by atoms with E-state index < -0.39 is 17.8 Å². The molecule has 2 atom stereocenters. The topological polar surface area (TPSA) is 79.3 Å². The number of hydrogen-bond donors (Lipinski definition) is 2. The van der Waals surface area contributed by atoms with E-state index in [9.17, 15) is 9.59 Å². The van der Waals surface area contributed by atoms with E-state index in [1.54, 1.807) is 24.5 Å². The Labute approximate surface area is 98.9 Å². The molecule has 1 amide bonds. The van der Waals surface area contributed by atoms with Gasteiger partial charge in [0.05, 0.1) is 23.7 Å². The van der Waals surface area contributed by atoms with Crippen molar-refractivity contribution in [3.8, 4) is 0 Å². The van der Waals surface area contributed by atoms with Crippen LogP contribution in [-0.2, 0) is 9.59 Å². The Kier molecular flexibility index (Phi) is 3.37. The number of carboxylic acids is 1. The molecule has 1 aliphatic carbocycles. The van der Waals surface area contributed by atoms with Crippen molar-refractivity contribution in [1.29, 1.82) is 0 Å². The lowest BCUT2D eigenvalue weighted by Gasteiger charge is -2.15. The number of carbonyl (C=O) groups excluding carboxylic acids is 1. The van der Waals surface area contributed by atoms with Crippen molar-refractivity contribution in [1.82, 2.24) is 4.98 Å². The highest BCUT2D eigenvalue weighted by molar-refractivity contribution is 5.95. The number of carbonyl (C=O) groups is 2. The molecule has 0 saturated heterocycles. The molecule has 1 saturated carbocycles. The summed E-state index contributed by atoms with van der Waals surface area (Å²) in [5, 5.41) is 11.7. The van der Waals surface area contributed by atoms with Crippen LogP contribution in [0, 0.1) is 11.8 Å². The van der Waals surface area contributed by atoms with Crippen LogP contribution in [0.25, 0.3) is 0 Å². The fraction of sp³-hybridized carbons (Fsp3) is 0.417. The van der Waals surface area contributed by atoms with Crippen molar-refractivity contribution < 1.29 is 14.7 Å². The van der Waals surface area contributed by atoms with Crippen LogP contribution < -0.4 is 5.32 Å². The lowest BCUT2D eigenvalue weighted by atomic mass is 9.95. The van der Waals surface area contributed by atoms with E-state index in [1.807, 2.05) is 0 Å². The molecule has 2 unspecified atom stereocenters. The minimum Gasteiger partial charge on any atom is -0.481 e. The number of carboxylic acid groups (broad SMARTS) is 1. The van der Waals surface area contributed by atoms with Crippen LogP contribution in [0.4, 0.5) is 5.69 Å². The summed E-state index contributed by atoms with van der Waals surface area (Å²) in [6, 6.07) is 3.45. The highest BCUT2D eigenvalue weighted by atomic mass is 16.4. The van der Waals surface area contributed by atoms with E-state index in [0.29, 0.717) is 18.5 Å². The Hall–Kier alpha value is -1.91. The SMILES string of the molecule is O=C(O)C1CCCC1C(=O)Nc1cccnc1. The number of hydrogen-bond acceptors (Lipinski definition) is 3.